The summed E-state index contributed by atoms with van der Waals surface area (Å²) in [7, 11) is 0. The molecular weight excluding hydrogens is 342 g/mol. The first kappa shape index (κ1) is 18.1. The molecule has 0 fully saturated rings. The first-order valence-electron chi connectivity index (χ1n) is 8.55. The van der Waals surface area contributed by atoms with E-state index in [2.05, 4.69) is 17.4 Å². The maximum atomic E-state index is 12.0. The van der Waals surface area contributed by atoms with E-state index in [1.54, 1.807) is 11.8 Å². The van der Waals surface area contributed by atoms with Crippen molar-refractivity contribution in [3.05, 3.63) is 84.9 Å². The lowest BCUT2D eigenvalue weighted by molar-refractivity contribution is -0.122. The van der Waals surface area contributed by atoms with Gasteiger partial charge in [-0.3, -0.25) is 4.79 Å². The van der Waals surface area contributed by atoms with Gasteiger partial charge in [-0.2, -0.15) is 0 Å². The van der Waals surface area contributed by atoms with E-state index in [1.807, 2.05) is 72.8 Å². The smallest absolute Gasteiger partial charge is 0.257 e. The summed E-state index contributed by atoms with van der Waals surface area (Å²) < 4.78 is 5.75. The lowest BCUT2D eigenvalue weighted by atomic mass is 10.1. The quantitative estimate of drug-likeness (QED) is 0.468. The lowest BCUT2D eigenvalue weighted by Gasteiger charge is -2.12. The molecule has 3 nitrogen and oxygen atoms in total. The average molecular weight is 363 g/mol. The van der Waals surface area contributed by atoms with Crippen molar-refractivity contribution in [1.82, 2.24) is 5.32 Å². The molecule has 0 heterocycles. The maximum absolute atomic E-state index is 12.0. The Bertz CT molecular complexity index is 822. The Morgan fingerprint density at radius 3 is 2.27 bits per heavy atom. The van der Waals surface area contributed by atoms with E-state index >= 15 is 0 Å². The second-order valence-corrected chi connectivity index (χ2v) is 6.83. The van der Waals surface area contributed by atoms with Crippen molar-refractivity contribution in [2.24, 2.45) is 0 Å². The normalized spacial score (nSPS) is 10.3. The molecule has 3 aromatic carbocycles. The zero-order chi connectivity index (χ0) is 18.0. The van der Waals surface area contributed by atoms with Gasteiger partial charge in [0.2, 0.25) is 0 Å². The van der Waals surface area contributed by atoms with E-state index < -0.39 is 0 Å². The van der Waals surface area contributed by atoms with E-state index in [0.29, 0.717) is 12.3 Å². The summed E-state index contributed by atoms with van der Waals surface area (Å²) in [5.41, 5.74) is 2.06. The average Bonchev–Trinajstić information content (AvgIpc) is 2.71. The Morgan fingerprint density at radius 2 is 1.50 bits per heavy atom. The Hall–Kier alpha value is -2.72. The van der Waals surface area contributed by atoms with Crippen LogP contribution in [0.5, 0.6) is 5.75 Å². The number of nitrogens with one attached hydrogen (secondary N) is 1. The van der Waals surface area contributed by atoms with Crippen molar-refractivity contribution in [2.75, 3.05) is 18.9 Å². The second kappa shape index (κ2) is 9.68. The molecular formula is C22H21NO2S. The number of ether oxygens (including phenoxy) is 1. The third-order valence-electron chi connectivity index (χ3n) is 3.77. The van der Waals surface area contributed by atoms with Crippen LogP contribution in [0.1, 0.15) is 0 Å². The summed E-state index contributed by atoms with van der Waals surface area (Å²) in [4.78, 5) is 13.2. The van der Waals surface area contributed by atoms with Gasteiger partial charge >= 0.3 is 0 Å². The molecule has 0 aliphatic carbocycles. The molecule has 1 N–H and O–H groups in total. The molecule has 0 radical (unpaired) electrons. The van der Waals surface area contributed by atoms with Gasteiger partial charge in [-0.05, 0) is 23.8 Å². The number of thioether (sulfide) groups is 1. The molecule has 0 saturated carbocycles. The largest absolute Gasteiger partial charge is 0.483 e. The summed E-state index contributed by atoms with van der Waals surface area (Å²) in [6.07, 6.45) is 0. The monoisotopic (exact) mass is 363 g/mol. The molecule has 0 spiro atoms. The molecule has 0 unspecified atom stereocenters. The lowest BCUT2D eigenvalue weighted by Crippen LogP contribution is -2.30. The van der Waals surface area contributed by atoms with Gasteiger partial charge in [-0.15, -0.1) is 11.8 Å². The number of para-hydroxylation sites is 1. The first-order valence-corrected chi connectivity index (χ1v) is 9.53. The zero-order valence-electron chi connectivity index (χ0n) is 14.4. The molecule has 0 saturated heterocycles. The highest BCUT2D eigenvalue weighted by atomic mass is 32.2. The highest BCUT2D eigenvalue weighted by molar-refractivity contribution is 7.99. The molecule has 4 heteroatoms. The van der Waals surface area contributed by atoms with Crippen LogP contribution < -0.4 is 10.1 Å². The van der Waals surface area contributed by atoms with Crippen LogP contribution in [-0.4, -0.2) is 24.8 Å². The predicted octanol–water partition coefficient (Wildman–Crippen LogP) is 4.64. The molecule has 3 rings (SSSR count). The van der Waals surface area contributed by atoms with E-state index in [0.717, 1.165) is 16.9 Å². The van der Waals surface area contributed by atoms with Gasteiger partial charge in [-0.25, -0.2) is 0 Å². The van der Waals surface area contributed by atoms with Gasteiger partial charge in [-0.1, -0.05) is 66.7 Å². The van der Waals surface area contributed by atoms with Gasteiger partial charge in [0.25, 0.3) is 5.91 Å². The fourth-order valence-electron chi connectivity index (χ4n) is 2.52. The van der Waals surface area contributed by atoms with Gasteiger partial charge in [0.15, 0.2) is 6.61 Å². The van der Waals surface area contributed by atoms with Crippen LogP contribution in [0.2, 0.25) is 0 Å². The van der Waals surface area contributed by atoms with Gasteiger partial charge in [0.05, 0.1) is 0 Å². The fourth-order valence-corrected chi connectivity index (χ4v) is 3.31. The van der Waals surface area contributed by atoms with Crippen molar-refractivity contribution in [3.63, 3.8) is 0 Å². The highest BCUT2D eigenvalue weighted by Crippen LogP contribution is 2.29. The van der Waals surface area contributed by atoms with Crippen LogP contribution in [0.15, 0.2) is 89.8 Å². The van der Waals surface area contributed by atoms with E-state index in [4.69, 9.17) is 4.74 Å². The highest BCUT2D eigenvalue weighted by Gasteiger charge is 2.08. The summed E-state index contributed by atoms with van der Waals surface area (Å²) >= 11 is 1.72. The number of hydrogen-bond donors (Lipinski definition) is 1. The SMILES string of the molecule is O=C(COc1ccccc1-c1ccccc1)NCCSc1ccccc1. The van der Waals surface area contributed by atoms with Crippen molar-refractivity contribution >= 4 is 17.7 Å². The third kappa shape index (κ3) is 5.39. The fraction of sp³-hybridized carbons (Fsp3) is 0.136. The number of carbonyl (C=O) groups excluding carboxylic acids is 1. The molecule has 0 atom stereocenters. The molecule has 132 valence electrons. The van der Waals surface area contributed by atoms with Crippen LogP contribution in [-0.2, 0) is 4.79 Å². The van der Waals surface area contributed by atoms with Crippen molar-refractivity contribution in [3.8, 4) is 16.9 Å². The Labute approximate surface area is 158 Å². The Kier molecular flexibility index (Phi) is 6.73. The van der Waals surface area contributed by atoms with E-state index in [-0.39, 0.29) is 12.5 Å². The van der Waals surface area contributed by atoms with E-state index in [9.17, 15) is 4.79 Å². The topological polar surface area (TPSA) is 38.3 Å². The van der Waals surface area contributed by atoms with Crippen LogP contribution in [0, 0.1) is 0 Å². The van der Waals surface area contributed by atoms with Gasteiger partial charge in [0, 0.05) is 22.8 Å². The molecule has 0 aliphatic heterocycles. The van der Waals surface area contributed by atoms with Gasteiger partial charge in [0.1, 0.15) is 5.75 Å². The molecule has 0 bridgehead atoms. The Morgan fingerprint density at radius 1 is 0.846 bits per heavy atom. The number of carbonyl (C=O) groups is 1. The van der Waals surface area contributed by atoms with Gasteiger partial charge < -0.3 is 10.1 Å². The van der Waals surface area contributed by atoms with Crippen LogP contribution in [0.3, 0.4) is 0 Å². The number of hydrogen-bond acceptors (Lipinski definition) is 3. The minimum atomic E-state index is -0.110. The first-order chi connectivity index (χ1) is 12.8. The predicted molar refractivity (Wildman–Crippen MR) is 108 cm³/mol. The van der Waals surface area contributed by atoms with Crippen LogP contribution in [0.25, 0.3) is 11.1 Å². The zero-order valence-corrected chi connectivity index (χ0v) is 15.2. The van der Waals surface area contributed by atoms with E-state index in [1.165, 1.54) is 4.90 Å². The summed E-state index contributed by atoms with van der Waals surface area (Å²) in [6, 6.07) is 27.9. The summed E-state index contributed by atoms with van der Waals surface area (Å²) in [5, 5.41) is 2.90. The van der Waals surface area contributed by atoms with Crippen molar-refractivity contribution in [2.45, 2.75) is 4.90 Å². The standard InChI is InChI=1S/C22H21NO2S/c24-22(23-15-16-26-19-11-5-2-6-12-19)17-25-21-14-8-7-13-20(21)18-9-3-1-4-10-18/h1-14H,15-17H2,(H,23,24). The third-order valence-corrected chi connectivity index (χ3v) is 4.78. The second-order valence-electron chi connectivity index (χ2n) is 5.66. The van der Waals surface area contributed by atoms with Crippen LogP contribution in [0.4, 0.5) is 0 Å². The molecule has 0 aliphatic rings. The summed E-state index contributed by atoms with van der Waals surface area (Å²) in [6.45, 7) is 0.627. The maximum Gasteiger partial charge on any atom is 0.257 e. The molecule has 3 aromatic rings. The van der Waals surface area contributed by atoms with Crippen LogP contribution >= 0.6 is 11.8 Å². The number of amides is 1. The Balaban J connectivity index is 1.46. The van der Waals surface area contributed by atoms with Crippen molar-refractivity contribution < 1.29 is 9.53 Å². The molecule has 0 aromatic heterocycles. The minimum Gasteiger partial charge on any atom is -0.483 e. The number of benzene rings is 3. The minimum absolute atomic E-state index is 0.0137. The molecule has 26 heavy (non-hydrogen) atoms. The number of rotatable bonds is 8. The molecule has 1 amide bonds. The van der Waals surface area contributed by atoms with Crippen molar-refractivity contribution in [1.29, 1.82) is 0 Å². The summed E-state index contributed by atoms with van der Waals surface area (Å²) in [5.74, 6) is 1.44.